The maximum Gasteiger partial charge on any atom is 0.230 e. The van der Waals surface area contributed by atoms with E-state index in [0.717, 1.165) is 18.4 Å². The molecule has 140 valence electrons. The molecule has 0 unspecified atom stereocenters. The standard InChI is InChI=1S/C19H21N5O2S/c1-2-6-17(14-7-4-3-5-8-14)20-18(26)13-27-19-21-22-23-24(19)15-9-11-16(25)12-10-15/h3-5,7-12,17,25H,2,6,13H2,1H3,(H,20,26)/t17-/m1/s1. The first-order chi connectivity index (χ1) is 13.2. The lowest BCUT2D eigenvalue weighted by molar-refractivity contribution is -0.119. The zero-order valence-electron chi connectivity index (χ0n) is 14.9. The van der Waals surface area contributed by atoms with Crippen molar-refractivity contribution in [3.63, 3.8) is 0 Å². The molecule has 1 aromatic heterocycles. The van der Waals surface area contributed by atoms with Crippen LogP contribution in [-0.4, -0.2) is 37.0 Å². The number of tetrazole rings is 1. The van der Waals surface area contributed by atoms with Crippen LogP contribution in [0.3, 0.4) is 0 Å². The first-order valence-electron chi connectivity index (χ1n) is 8.72. The van der Waals surface area contributed by atoms with Crippen LogP contribution in [0.1, 0.15) is 31.4 Å². The topological polar surface area (TPSA) is 92.9 Å². The number of nitrogens with zero attached hydrogens (tertiary/aromatic N) is 4. The molecule has 2 aromatic carbocycles. The SMILES string of the molecule is CCC[C@@H](NC(=O)CSc1nnnn1-c1ccc(O)cc1)c1ccccc1. The average Bonchev–Trinajstić information content (AvgIpc) is 3.16. The predicted molar refractivity (Wildman–Crippen MR) is 104 cm³/mol. The molecule has 3 aromatic rings. The highest BCUT2D eigenvalue weighted by Gasteiger charge is 2.16. The van der Waals surface area contributed by atoms with Gasteiger partial charge in [0.25, 0.3) is 0 Å². The molecule has 27 heavy (non-hydrogen) atoms. The van der Waals surface area contributed by atoms with Crippen molar-refractivity contribution in [1.82, 2.24) is 25.5 Å². The van der Waals surface area contributed by atoms with Gasteiger partial charge in [-0.2, -0.15) is 4.68 Å². The zero-order chi connectivity index (χ0) is 19.1. The van der Waals surface area contributed by atoms with Gasteiger partial charge in [-0.3, -0.25) is 4.79 Å². The Hall–Kier alpha value is -2.87. The van der Waals surface area contributed by atoms with Gasteiger partial charge in [0.2, 0.25) is 11.1 Å². The summed E-state index contributed by atoms with van der Waals surface area (Å²) in [6.45, 7) is 2.10. The monoisotopic (exact) mass is 383 g/mol. The van der Waals surface area contributed by atoms with Crippen molar-refractivity contribution in [2.24, 2.45) is 0 Å². The minimum absolute atomic E-state index is 0.00241. The van der Waals surface area contributed by atoms with Crippen LogP contribution in [-0.2, 0) is 4.79 Å². The van der Waals surface area contributed by atoms with E-state index >= 15 is 0 Å². The highest BCUT2D eigenvalue weighted by Crippen LogP contribution is 2.21. The van der Waals surface area contributed by atoms with Crippen LogP contribution >= 0.6 is 11.8 Å². The molecule has 0 aliphatic carbocycles. The number of hydrogen-bond acceptors (Lipinski definition) is 6. The molecule has 0 saturated carbocycles. The smallest absolute Gasteiger partial charge is 0.230 e. The second kappa shape index (κ2) is 9.18. The highest BCUT2D eigenvalue weighted by atomic mass is 32.2. The van der Waals surface area contributed by atoms with Crippen LogP contribution in [0.4, 0.5) is 0 Å². The molecule has 0 aliphatic rings. The summed E-state index contributed by atoms with van der Waals surface area (Å²) in [7, 11) is 0. The molecule has 1 amide bonds. The number of carbonyl (C=O) groups excluding carboxylic acids is 1. The zero-order valence-corrected chi connectivity index (χ0v) is 15.8. The summed E-state index contributed by atoms with van der Waals surface area (Å²) in [4.78, 5) is 12.4. The second-order valence-corrected chi connectivity index (χ2v) is 6.94. The second-order valence-electron chi connectivity index (χ2n) is 6.00. The van der Waals surface area contributed by atoms with Gasteiger partial charge in [0.1, 0.15) is 5.75 Å². The van der Waals surface area contributed by atoms with E-state index in [-0.39, 0.29) is 23.5 Å². The number of aromatic hydroxyl groups is 1. The molecule has 8 heteroatoms. The molecular weight excluding hydrogens is 362 g/mol. The van der Waals surface area contributed by atoms with Crippen molar-refractivity contribution in [3.05, 3.63) is 60.2 Å². The number of hydrogen-bond donors (Lipinski definition) is 2. The first kappa shape index (κ1) is 18.9. The first-order valence-corrected chi connectivity index (χ1v) is 9.71. The van der Waals surface area contributed by atoms with Crippen molar-refractivity contribution >= 4 is 17.7 Å². The molecule has 7 nitrogen and oxygen atoms in total. The molecular formula is C19H21N5O2S. The third-order valence-electron chi connectivity index (χ3n) is 3.98. The van der Waals surface area contributed by atoms with Crippen LogP contribution in [0.2, 0.25) is 0 Å². The van der Waals surface area contributed by atoms with Gasteiger partial charge < -0.3 is 10.4 Å². The maximum atomic E-state index is 12.4. The molecule has 0 spiro atoms. The quantitative estimate of drug-likeness (QED) is 0.581. The number of rotatable bonds is 8. The lowest BCUT2D eigenvalue weighted by atomic mass is 10.0. The summed E-state index contributed by atoms with van der Waals surface area (Å²) in [5.74, 6) is 0.316. The van der Waals surface area contributed by atoms with Crippen molar-refractivity contribution in [2.45, 2.75) is 31.0 Å². The summed E-state index contributed by atoms with van der Waals surface area (Å²) in [5.41, 5.74) is 1.82. The Bertz CT molecular complexity index is 867. The number of carbonyl (C=O) groups is 1. The van der Waals surface area contributed by atoms with E-state index in [1.54, 1.807) is 24.3 Å². The molecule has 1 atom stereocenters. The summed E-state index contributed by atoms with van der Waals surface area (Å²) in [6.07, 6.45) is 1.86. The van der Waals surface area contributed by atoms with Crippen molar-refractivity contribution in [2.75, 3.05) is 5.75 Å². The Morgan fingerprint density at radius 2 is 1.93 bits per heavy atom. The fraction of sp³-hybridized carbons (Fsp3) is 0.263. The third kappa shape index (κ3) is 5.07. The van der Waals surface area contributed by atoms with E-state index in [0.29, 0.717) is 10.8 Å². The highest BCUT2D eigenvalue weighted by molar-refractivity contribution is 7.99. The number of phenols is 1. The van der Waals surface area contributed by atoms with E-state index < -0.39 is 0 Å². The van der Waals surface area contributed by atoms with Gasteiger partial charge in [0, 0.05) is 0 Å². The molecule has 0 bridgehead atoms. The van der Waals surface area contributed by atoms with E-state index in [1.165, 1.54) is 16.4 Å². The molecule has 0 aliphatic heterocycles. The molecule has 0 fully saturated rings. The third-order valence-corrected chi connectivity index (χ3v) is 4.90. The number of nitrogens with one attached hydrogen (secondary N) is 1. The summed E-state index contributed by atoms with van der Waals surface area (Å²) in [5, 5.41) is 24.6. The predicted octanol–water partition coefficient (Wildman–Crippen LogP) is 3.12. The van der Waals surface area contributed by atoms with Crippen LogP contribution < -0.4 is 5.32 Å². The van der Waals surface area contributed by atoms with Gasteiger partial charge >= 0.3 is 0 Å². The number of amides is 1. The molecule has 3 rings (SSSR count). The number of aromatic nitrogens is 4. The molecule has 1 heterocycles. The Kier molecular flexibility index (Phi) is 6.43. The van der Waals surface area contributed by atoms with Crippen LogP contribution in [0.15, 0.2) is 59.8 Å². The van der Waals surface area contributed by atoms with E-state index in [2.05, 4.69) is 27.8 Å². The Morgan fingerprint density at radius 1 is 1.19 bits per heavy atom. The van der Waals surface area contributed by atoms with Crippen molar-refractivity contribution < 1.29 is 9.90 Å². The fourth-order valence-corrected chi connectivity index (χ4v) is 3.39. The van der Waals surface area contributed by atoms with Gasteiger partial charge in [-0.1, -0.05) is 55.4 Å². The number of benzene rings is 2. The van der Waals surface area contributed by atoms with Crippen molar-refractivity contribution in [3.8, 4) is 11.4 Å². The Labute approximate surface area is 161 Å². The molecule has 0 saturated heterocycles. The normalized spacial score (nSPS) is 11.9. The van der Waals surface area contributed by atoms with Gasteiger partial charge in [0.05, 0.1) is 17.5 Å². The minimum atomic E-state index is -0.0671. The lowest BCUT2D eigenvalue weighted by Crippen LogP contribution is -2.30. The summed E-state index contributed by atoms with van der Waals surface area (Å²) < 4.78 is 1.54. The average molecular weight is 383 g/mol. The number of phenolic OH excluding ortho intramolecular Hbond substituents is 1. The van der Waals surface area contributed by atoms with E-state index in [1.807, 2.05) is 30.3 Å². The number of thioether (sulfide) groups is 1. The fourth-order valence-electron chi connectivity index (χ4n) is 2.69. The van der Waals surface area contributed by atoms with Gasteiger partial charge in [-0.15, -0.1) is 5.10 Å². The van der Waals surface area contributed by atoms with Crippen molar-refractivity contribution in [1.29, 1.82) is 0 Å². The summed E-state index contributed by atoms with van der Waals surface area (Å²) >= 11 is 1.27. The van der Waals surface area contributed by atoms with Gasteiger partial charge in [-0.25, -0.2) is 0 Å². The van der Waals surface area contributed by atoms with Gasteiger partial charge in [0.15, 0.2) is 0 Å². The van der Waals surface area contributed by atoms with Gasteiger partial charge in [-0.05, 0) is 46.7 Å². The largest absolute Gasteiger partial charge is 0.508 e. The maximum absolute atomic E-state index is 12.4. The van der Waals surface area contributed by atoms with E-state index in [4.69, 9.17) is 0 Å². The van der Waals surface area contributed by atoms with Crippen LogP contribution in [0, 0.1) is 0 Å². The van der Waals surface area contributed by atoms with E-state index in [9.17, 15) is 9.90 Å². The van der Waals surface area contributed by atoms with Crippen LogP contribution in [0.25, 0.3) is 5.69 Å². The minimum Gasteiger partial charge on any atom is -0.508 e. The lowest BCUT2D eigenvalue weighted by Gasteiger charge is -2.18. The Balaban J connectivity index is 1.62. The molecule has 2 N–H and O–H groups in total. The summed E-state index contributed by atoms with van der Waals surface area (Å²) in [6, 6.07) is 16.5. The molecule has 0 radical (unpaired) electrons. The van der Waals surface area contributed by atoms with Crippen LogP contribution in [0.5, 0.6) is 5.75 Å². The Morgan fingerprint density at radius 3 is 2.63 bits per heavy atom.